The Balaban J connectivity index is 1.67. The maximum absolute atomic E-state index is 12.2. The van der Waals surface area contributed by atoms with Gasteiger partial charge in [-0.2, -0.15) is 0 Å². The summed E-state index contributed by atoms with van der Waals surface area (Å²) >= 11 is 0. The lowest BCUT2D eigenvalue weighted by Crippen LogP contribution is -2.43. The van der Waals surface area contributed by atoms with E-state index in [0.717, 1.165) is 57.4 Å². The Bertz CT molecular complexity index is 525. The van der Waals surface area contributed by atoms with Crippen LogP contribution in [0.15, 0.2) is 24.3 Å². The third kappa shape index (κ3) is 5.94. The molecule has 0 saturated carbocycles. The molecule has 1 aliphatic heterocycles. The first-order valence-electron chi connectivity index (χ1n) is 8.72. The number of hydrogen-bond donors (Lipinski definition) is 3. The van der Waals surface area contributed by atoms with E-state index >= 15 is 0 Å². The normalized spacial score (nSPS) is 14.5. The van der Waals surface area contributed by atoms with Gasteiger partial charge in [-0.05, 0) is 37.1 Å². The number of nitrogens with one attached hydrogen (secondary N) is 2. The Morgan fingerprint density at radius 3 is 2.25 bits per heavy atom. The van der Waals surface area contributed by atoms with Crippen LogP contribution in [0.25, 0.3) is 0 Å². The monoisotopic (exact) mass is 333 g/mol. The van der Waals surface area contributed by atoms with Crippen LogP contribution in [-0.4, -0.2) is 43.1 Å². The molecule has 1 aliphatic rings. The summed E-state index contributed by atoms with van der Waals surface area (Å²) < 4.78 is 0. The molecule has 1 saturated heterocycles. The van der Waals surface area contributed by atoms with Crippen LogP contribution in [0, 0.1) is 0 Å². The Labute approximate surface area is 143 Å². The molecule has 0 spiro atoms. The quantitative estimate of drug-likeness (QED) is 0.279. The number of hydroxylamine groups is 1. The average Bonchev–Trinajstić information content (AvgIpc) is 2.65. The van der Waals surface area contributed by atoms with Gasteiger partial charge in [0, 0.05) is 50.3 Å². The molecule has 3 N–H and O–H groups in total. The Morgan fingerprint density at radius 2 is 1.62 bits per heavy atom. The van der Waals surface area contributed by atoms with E-state index in [1.165, 1.54) is 5.69 Å². The van der Waals surface area contributed by atoms with Crippen LogP contribution in [0.3, 0.4) is 0 Å². The molecule has 1 amide bonds. The second kappa shape index (κ2) is 10.1. The fourth-order valence-electron chi connectivity index (χ4n) is 2.91. The largest absolute Gasteiger partial charge is 0.369 e. The summed E-state index contributed by atoms with van der Waals surface area (Å²) in [5.74, 6) is -0.175. The van der Waals surface area contributed by atoms with Gasteiger partial charge in [0.1, 0.15) is 0 Å². The molecule has 6 nitrogen and oxygen atoms in total. The fraction of sp³-hybridized carbons (Fsp3) is 0.556. The van der Waals surface area contributed by atoms with Crippen molar-refractivity contribution in [3.05, 3.63) is 29.8 Å². The maximum atomic E-state index is 12.2. The number of anilines is 1. The molecular weight excluding hydrogens is 306 g/mol. The van der Waals surface area contributed by atoms with Crippen molar-refractivity contribution in [2.24, 2.45) is 0 Å². The van der Waals surface area contributed by atoms with E-state index in [-0.39, 0.29) is 11.7 Å². The van der Waals surface area contributed by atoms with Crippen LogP contribution in [0.5, 0.6) is 0 Å². The Kier molecular flexibility index (Phi) is 7.71. The molecule has 1 aromatic carbocycles. The first-order chi connectivity index (χ1) is 11.7. The molecule has 1 heterocycles. The van der Waals surface area contributed by atoms with Crippen molar-refractivity contribution in [3.63, 3.8) is 0 Å². The summed E-state index contributed by atoms with van der Waals surface area (Å²) in [6.07, 6.45) is 4.25. The summed E-state index contributed by atoms with van der Waals surface area (Å²) in [6, 6.07) is 7.91. The molecular formula is C18H27N3O3. The minimum Gasteiger partial charge on any atom is -0.369 e. The number of amides is 1. The van der Waals surface area contributed by atoms with Crippen molar-refractivity contribution >= 4 is 17.4 Å². The van der Waals surface area contributed by atoms with Gasteiger partial charge in [-0.15, -0.1) is 0 Å². The topological polar surface area (TPSA) is 81.7 Å². The van der Waals surface area contributed by atoms with E-state index in [1.54, 1.807) is 5.48 Å². The smallest absolute Gasteiger partial charge is 0.243 e. The Hall–Kier alpha value is -1.92. The number of ketones is 1. The molecule has 0 unspecified atom stereocenters. The summed E-state index contributed by atoms with van der Waals surface area (Å²) in [6.45, 7) is 4.00. The standard InChI is InChI=1S/C18H27N3O3/c22-17(5-3-1-2-4-6-18(23)20-24)15-7-9-16(10-8-15)21-13-11-19-12-14-21/h7-10,19,24H,1-6,11-14H2,(H,20,23). The highest BCUT2D eigenvalue weighted by Crippen LogP contribution is 2.17. The van der Waals surface area contributed by atoms with Crippen molar-refractivity contribution in [3.8, 4) is 0 Å². The number of carbonyl (C=O) groups is 2. The second-order valence-corrected chi connectivity index (χ2v) is 6.16. The van der Waals surface area contributed by atoms with E-state index in [0.29, 0.717) is 12.8 Å². The van der Waals surface area contributed by atoms with E-state index in [1.807, 2.05) is 24.3 Å². The number of Topliss-reactive ketones (excluding diaryl/α,β-unsaturated/α-hetero) is 1. The number of nitrogens with zero attached hydrogens (tertiary/aromatic N) is 1. The van der Waals surface area contributed by atoms with Crippen LogP contribution < -0.4 is 15.7 Å². The first kappa shape index (κ1) is 18.4. The third-order valence-corrected chi connectivity index (χ3v) is 4.35. The molecule has 0 aliphatic carbocycles. The van der Waals surface area contributed by atoms with Crippen molar-refractivity contribution in [2.75, 3.05) is 31.1 Å². The molecule has 0 bridgehead atoms. The van der Waals surface area contributed by atoms with Gasteiger partial charge in [-0.1, -0.05) is 12.8 Å². The predicted molar refractivity (Wildman–Crippen MR) is 93.5 cm³/mol. The minimum atomic E-state index is -0.351. The summed E-state index contributed by atoms with van der Waals surface area (Å²) in [4.78, 5) is 25.4. The number of hydrogen-bond acceptors (Lipinski definition) is 5. The summed E-state index contributed by atoms with van der Waals surface area (Å²) in [5.41, 5.74) is 3.57. The summed E-state index contributed by atoms with van der Waals surface area (Å²) in [7, 11) is 0. The van der Waals surface area contributed by atoms with Gasteiger partial charge in [-0.25, -0.2) is 5.48 Å². The molecule has 24 heavy (non-hydrogen) atoms. The molecule has 1 fully saturated rings. The van der Waals surface area contributed by atoms with Gasteiger partial charge < -0.3 is 10.2 Å². The van der Waals surface area contributed by atoms with Crippen LogP contribution >= 0.6 is 0 Å². The number of piperazine rings is 1. The summed E-state index contributed by atoms with van der Waals surface area (Å²) in [5, 5.41) is 11.7. The maximum Gasteiger partial charge on any atom is 0.243 e. The van der Waals surface area contributed by atoms with Gasteiger partial charge in [0.15, 0.2) is 5.78 Å². The van der Waals surface area contributed by atoms with Crippen LogP contribution in [0.4, 0.5) is 5.69 Å². The van der Waals surface area contributed by atoms with Crippen LogP contribution in [0.2, 0.25) is 0 Å². The average molecular weight is 333 g/mol. The zero-order chi connectivity index (χ0) is 17.2. The third-order valence-electron chi connectivity index (χ3n) is 4.35. The van der Waals surface area contributed by atoms with Crippen molar-refractivity contribution < 1.29 is 14.8 Å². The van der Waals surface area contributed by atoms with Gasteiger partial charge >= 0.3 is 0 Å². The zero-order valence-electron chi connectivity index (χ0n) is 14.1. The second-order valence-electron chi connectivity index (χ2n) is 6.16. The highest BCUT2D eigenvalue weighted by atomic mass is 16.5. The van der Waals surface area contributed by atoms with Crippen molar-refractivity contribution in [2.45, 2.75) is 38.5 Å². The number of unbranched alkanes of at least 4 members (excludes halogenated alkanes) is 3. The lowest BCUT2D eigenvalue weighted by atomic mass is 10.0. The van der Waals surface area contributed by atoms with E-state index in [4.69, 9.17) is 5.21 Å². The van der Waals surface area contributed by atoms with Crippen LogP contribution in [-0.2, 0) is 4.79 Å². The predicted octanol–water partition coefficient (Wildman–Crippen LogP) is 2.12. The highest BCUT2D eigenvalue weighted by molar-refractivity contribution is 5.96. The fourth-order valence-corrected chi connectivity index (χ4v) is 2.91. The highest BCUT2D eigenvalue weighted by Gasteiger charge is 2.11. The van der Waals surface area contributed by atoms with Crippen molar-refractivity contribution in [1.82, 2.24) is 10.8 Å². The number of rotatable bonds is 9. The molecule has 6 heteroatoms. The van der Waals surface area contributed by atoms with Crippen LogP contribution in [0.1, 0.15) is 48.9 Å². The van der Waals surface area contributed by atoms with Crippen molar-refractivity contribution in [1.29, 1.82) is 0 Å². The lowest BCUT2D eigenvalue weighted by Gasteiger charge is -2.29. The first-order valence-corrected chi connectivity index (χ1v) is 8.72. The molecule has 0 radical (unpaired) electrons. The zero-order valence-corrected chi connectivity index (χ0v) is 14.1. The van der Waals surface area contributed by atoms with E-state index in [9.17, 15) is 9.59 Å². The molecule has 0 aromatic heterocycles. The number of carbonyl (C=O) groups excluding carboxylic acids is 2. The van der Waals surface area contributed by atoms with Gasteiger partial charge in [0.2, 0.25) is 5.91 Å². The van der Waals surface area contributed by atoms with E-state index < -0.39 is 0 Å². The SMILES string of the molecule is O=C(CCCCCCC(=O)c1ccc(N2CCNCC2)cc1)NO. The molecule has 2 rings (SSSR count). The lowest BCUT2D eigenvalue weighted by molar-refractivity contribution is -0.129. The van der Waals surface area contributed by atoms with E-state index in [2.05, 4.69) is 10.2 Å². The van der Waals surface area contributed by atoms with Gasteiger partial charge in [-0.3, -0.25) is 14.8 Å². The molecule has 0 atom stereocenters. The number of benzene rings is 1. The van der Waals surface area contributed by atoms with Gasteiger partial charge in [0.05, 0.1) is 0 Å². The molecule has 132 valence electrons. The minimum absolute atomic E-state index is 0.176. The molecule has 1 aromatic rings. The van der Waals surface area contributed by atoms with Gasteiger partial charge in [0.25, 0.3) is 0 Å². The Morgan fingerprint density at radius 1 is 1.00 bits per heavy atom.